The van der Waals surface area contributed by atoms with Crippen LogP contribution in [0.2, 0.25) is 0 Å². The van der Waals surface area contributed by atoms with E-state index >= 15 is 0 Å². The quantitative estimate of drug-likeness (QED) is 0.0262. The van der Waals surface area contributed by atoms with Crippen LogP contribution in [0.25, 0.3) is 0 Å². The zero-order valence-electron chi connectivity index (χ0n) is 43.9. The lowest BCUT2D eigenvalue weighted by Crippen LogP contribution is -2.30. The molecule has 0 saturated heterocycles. The average molecular weight is 933 g/mol. The summed E-state index contributed by atoms with van der Waals surface area (Å²) in [6.07, 6.45) is 71.6. The maximum Gasteiger partial charge on any atom is 0.306 e. The molecule has 0 heterocycles. The zero-order chi connectivity index (χ0) is 48.6. The van der Waals surface area contributed by atoms with E-state index in [1.54, 1.807) is 0 Å². The molecule has 0 saturated carbocycles. The van der Waals surface area contributed by atoms with Gasteiger partial charge in [-0.3, -0.25) is 14.4 Å². The molecule has 0 amide bonds. The third-order valence-corrected chi connectivity index (χ3v) is 11.9. The topological polar surface area (TPSA) is 78.9 Å². The van der Waals surface area contributed by atoms with Crippen molar-refractivity contribution >= 4 is 17.9 Å². The molecule has 0 aliphatic heterocycles. The highest BCUT2D eigenvalue weighted by molar-refractivity contribution is 5.71. The molecular weight excluding hydrogens is 829 g/mol. The first kappa shape index (κ1) is 63.6. The second kappa shape index (κ2) is 55.2. The van der Waals surface area contributed by atoms with E-state index in [0.29, 0.717) is 19.3 Å². The Morgan fingerprint density at radius 3 is 1.01 bits per heavy atom. The minimum atomic E-state index is -0.811. The number of esters is 3. The number of carbonyl (C=O) groups is 3. The standard InChI is InChI=1S/C61H104O6/c1-4-7-10-13-16-19-22-25-27-29-30-32-33-36-39-42-45-48-51-54-60(63)66-57-58(56-65-59(62)53-50-47-44-41-38-35-24-21-18-15-12-9-6-3)67-61(64)55-52-49-46-43-40-37-34-31-28-26-23-20-17-14-11-8-5-2/h7,10,16,19,25,27,30,32,35-36,38-39,44,47,58H,4-6,8-9,11-15,17-18,20-24,26,28-29,31,33-34,37,40-43,45-46,48-57H2,1-3H3/b10-7-,19-16-,27-25-,32-30-,38-35-,39-36-,47-44-. The molecule has 67 heavy (non-hydrogen) atoms. The first-order valence-corrected chi connectivity index (χ1v) is 28.1. The van der Waals surface area contributed by atoms with Gasteiger partial charge in [-0.05, 0) is 83.5 Å². The average Bonchev–Trinajstić information content (AvgIpc) is 3.33. The van der Waals surface area contributed by atoms with Gasteiger partial charge in [-0.25, -0.2) is 0 Å². The van der Waals surface area contributed by atoms with Crippen LogP contribution in [0.1, 0.15) is 265 Å². The second-order valence-corrected chi connectivity index (χ2v) is 18.5. The molecule has 1 unspecified atom stereocenters. The molecule has 384 valence electrons. The lowest BCUT2D eigenvalue weighted by atomic mass is 10.0. The molecule has 0 spiro atoms. The number of ether oxygens (including phenoxy) is 3. The molecule has 6 heteroatoms. The lowest BCUT2D eigenvalue weighted by molar-refractivity contribution is -0.166. The molecule has 0 fully saturated rings. The van der Waals surface area contributed by atoms with Gasteiger partial charge in [0.15, 0.2) is 6.10 Å². The Morgan fingerprint density at radius 1 is 0.313 bits per heavy atom. The molecular formula is C61H104O6. The molecule has 0 N–H and O–H groups in total. The predicted molar refractivity (Wildman–Crippen MR) is 288 cm³/mol. The highest BCUT2D eigenvalue weighted by Gasteiger charge is 2.19. The third kappa shape index (κ3) is 53.4. The van der Waals surface area contributed by atoms with Crippen LogP contribution < -0.4 is 0 Å². The van der Waals surface area contributed by atoms with E-state index in [2.05, 4.69) is 99.8 Å². The van der Waals surface area contributed by atoms with Gasteiger partial charge >= 0.3 is 17.9 Å². The lowest BCUT2D eigenvalue weighted by Gasteiger charge is -2.18. The van der Waals surface area contributed by atoms with Crippen LogP contribution >= 0.6 is 0 Å². The third-order valence-electron chi connectivity index (χ3n) is 11.9. The second-order valence-electron chi connectivity index (χ2n) is 18.5. The van der Waals surface area contributed by atoms with E-state index in [1.807, 2.05) is 6.08 Å². The van der Waals surface area contributed by atoms with Crippen LogP contribution in [-0.4, -0.2) is 37.2 Å². The van der Waals surface area contributed by atoms with Crippen LogP contribution in [0.5, 0.6) is 0 Å². The summed E-state index contributed by atoms with van der Waals surface area (Å²) in [7, 11) is 0. The van der Waals surface area contributed by atoms with Gasteiger partial charge in [-0.1, -0.05) is 247 Å². The van der Waals surface area contributed by atoms with E-state index in [4.69, 9.17) is 14.2 Å². The first-order valence-electron chi connectivity index (χ1n) is 28.1. The summed E-state index contributed by atoms with van der Waals surface area (Å²) < 4.78 is 16.8. The molecule has 1 atom stereocenters. The summed E-state index contributed by atoms with van der Waals surface area (Å²) >= 11 is 0. The first-order chi connectivity index (χ1) is 33.0. The fraction of sp³-hybridized carbons (Fsp3) is 0.721. The SMILES string of the molecule is CC/C=C\C/C=C\C/C=C\C/C=C\C/C=C\CCCCCC(=O)OCC(COC(=O)CC/C=C\C/C=C\CCCCCCCC)OC(=O)CCCCCCCCCCCCCCCCCCC. The maximum atomic E-state index is 12.8. The van der Waals surface area contributed by atoms with Crippen LogP contribution in [-0.2, 0) is 28.6 Å². The summed E-state index contributed by atoms with van der Waals surface area (Å²) in [6.45, 7) is 6.45. The molecule has 0 aromatic heterocycles. The predicted octanol–water partition coefficient (Wildman–Crippen LogP) is 18.8. The van der Waals surface area contributed by atoms with E-state index in [9.17, 15) is 14.4 Å². The zero-order valence-corrected chi connectivity index (χ0v) is 43.9. The summed E-state index contributed by atoms with van der Waals surface area (Å²) in [5, 5.41) is 0. The molecule has 0 aromatic carbocycles. The van der Waals surface area contributed by atoms with Crippen molar-refractivity contribution in [1.29, 1.82) is 0 Å². The van der Waals surface area contributed by atoms with Crippen molar-refractivity contribution in [3.63, 3.8) is 0 Å². The van der Waals surface area contributed by atoms with Crippen LogP contribution in [0.4, 0.5) is 0 Å². The number of rotatable bonds is 50. The Kier molecular flexibility index (Phi) is 52.4. The molecule has 0 radical (unpaired) electrons. The van der Waals surface area contributed by atoms with Crippen molar-refractivity contribution in [3.05, 3.63) is 85.1 Å². The molecule has 6 nitrogen and oxygen atoms in total. The van der Waals surface area contributed by atoms with E-state index < -0.39 is 6.10 Å². The molecule has 0 bridgehead atoms. The Labute approximate surface area is 414 Å². The van der Waals surface area contributed by atoms with E-state index in [1.165, 1.54) is 128 Å². The number of hydrogen-bond acceptors (Lipinski definition) is 6. The van der Waals surface area contributed by atoms with Gasteiger partial charge in [-0.2, -0.15) is 0 Å². The fourth-order valence-electron chi connectivity index (χ4n) is 7.70. The van der Waals surface area contributed by atoms with E-state index in [0.717, 1.165) is 89.9 Å². The maximum absolute atomic E-state index is 12.8. The van der Waals surface area contributed by atoms with Crippen molar-refractivity contribution in [2.24, 2.45) is 0 Å². The van der Waals surface area contributed by atoms with Crippen molar-refractivity contribution in [2.45, 2.75) is 271 Å². The van der Waals surface area contributed by atoms with Crippen molar-refractivity contribution in [3.8, 4) is 0 Å². The molecule has 0 rings (SSSR count). The van der Waals surface area contributed by atoms with Gasteiger partial charge in [0.25, 0.3) is 0 Å². The van der Waals surface area contributed by atoms with Gasteiger partial charge in [0.05, 0.1) is 0 Å². The minimum absolute atomic E-state index is 0.109. The number of hydrogen-bond donors (Lipinski definition) is 0. The van der Waals surface area contributed by atoms with Gasteiger partial charge in [0.1, 0.15) is 13.2 Å². The number of allylic oxidation sites excluding steroid dienone is 14. The molecule has 0 aliphatic rings. The summed E-state index contributed by atoms with van der Waals surface area (Å²) in [6, 6.07) is 0. The Morgan fingerprint density at radius 2 is 0.612 bits per heavy atom. The van der Waals surface area contributed by atoms with Gasteiger partial charge < -0.3 is 14.2 Å². The summed E-state index contributed by atoms with van der Waals surface area (Å²) in [5.74, 6) is -1.00. The van der Waals surface area contributed by atoms with Crippen LogP contribution in [0.15, 0.2) is 85.1 Å². The number of carbonyl (C=O) groups excluding carboxylic acids is 3. The Hall–Kier alpha value is -3.41. The monoisotopic (exact) mass is 933 g/mol. The fourth-order valence-corrected chi connectivity index (χ4v) is 7.70. The molecule has 0 aromatic rings. The largest absolute Gasteiger partial charge is 0.462 e. The van der Waals surface area contributed by atoms with Crippen molar-refractivity contribution in [1.82, 2.24) is 0 Å². The smallest absolute Gasteiger partial charge is 0.306 e. The van der Waals surface area contributed by atoms with Crippen LogP contribution in [0.3, 0.4) is 0 Å². The highest BCUT2D eigenvalue weighted by Crippen LogP contribution is 2.15. The highest BCUT2D eigenvalue weighted by atomic mass is 16.6. The summed E-state index contributed by atoms with van der Waals surface area (Å²) in [5.41, 5.74) is 0. The normalized spacial score (nSPS) is 12.7. The van der Waals surface area contributed by atoms with Gasteiger partial charge in [0.2, 0.25) is 0 Å². The van der Waals surface area contributed by atoms with Gasteiger partial charge in [-0.15, -0.1) is 0 Å². The number of unbranched alkanes of at least 4 members (excludes halogenated alkanes) is 25. The van der Waals surface area contributed by atoms with Crippen LogP contribution in [0, 0.1) is 0 Å². The molecule has 0 aliphatic carbocycles. The van der Waals surface area contributed by atoms with Gasteiger partial charge in [0, 0.05) is 19.3 Å². The Balaban J connectivity index is 4.47. The van der Waals surface area contributed by atoms with E-state index in [-0.39, 0.29) is 37.5 Å². The minimum Gasteiger partial charge on any atom is -0.462 e. The van der Waals surface area contributed by atoms with Crippen molar-refractivity contribution < 1.29 is 28.6 Å². The van der Waals surface area contributed by atoms with Crippen molar-refractivity contribution in [2.75, 3.05) is 13.2 Å². The Bertz CT molecular complexity index is 1300. The summed E-state index contributed by atoms with van der Waals surface area (Å²) in [4.78, 5) is 38.1.